The molecule has 2 rings (SSSR count). The molecule has 0 saturated carbocycles. The predicted molar refractivity (Wildman–Crippen MR) is 60.7 cm³/mol. The third-order valence-corrected chi connectivity index (χ3v) is 2.58. The summed E-state index contributed by atoms with van der Waals surface area (Å²) in [5, 5.41) is 3.26. The molecule has 0 aromatic heterocycles. The van der Waals surface area contributed by atoms with Gasteiger partial charge in [-0.3, -0.25) is 0 Å². The normalized spacial score (nSPS) is 15.4. The Morgan fingerprint density at radius 3 is 2.81 bits per heavy atom. The number of hydrogen-bond donors (Lipinski definition) is 1. The van der Waals surface area contributed by atoms with Gasteiger partial charge in [0.25, 0.3) is 0 Å². The lowest BCUT2D eigenvalue weighted by Crippen LogP contribution is -2.40. The lowest BCUT2D eigenvalue weighted by molar-refractivity contribution is 0.0210. The summed E-state index contributed by atoms with van der Waals surface area (Å²) in [6.07, 6.45) is 0. The second-order valence-corrected chi connectivity index (χ2v) is 3.92. The number of anilines is 1. The fraction of sp³-hybridized carbons (Fsp3) is 0.417. The Bertz CT molecular complexity index is 399. The molecule has 1 aliphatic rings. The van der Waals surface area contributed by atoms with Crippen molar-refractivity contribution in [3.63, 3.8) is 0 Å². The summed E-state index contributed by atoms with van der Waals surface area (Å²) in [4.78, 5) is 11.6. The van der Waals surface area contributed by atoms with Crippen LogP contribution in [-0.2, 0) is 9.47 Å². The van der Waals surface area contributed by atoms with E-state index in [1.807, 2.05) is 25.1 Å². The van der Waals surface area contributed by atoms with Crippen LogP contribution in [0.1, 0.15) is 15.9 Å². The number of benzene rings is 1. The quantitative estimate of drug-likeness (QED) is 0.787. The fourth-order valence-electron chi connectivity index (χ4n) is 1.60. The Balaban J connectivity index is 2.23. The third kappa shape index (κ3) is 2.17. The van der Waals surface area contributed by atoms with Gasteiger partial charge in [-0.25, -0.2) is 4.79 Å². The van der Waals surface area contributed by atoms with Gasteiger partial charge in [-0.05, 0) is 19.1 Å². The highest BCUT2D eigenvalue weighted by Crippen LogP contribution is 2.20. The maximum Gasteiger partial charge on any atom is 0.339 e. The molecule has 1 fully saturated rings. The molecule has 0 bridgehead atoms. The lowest BCUT2D eigenvalue weighted by atomic mass is 10.1. The van der Waals surface area contributed by atoms with E-state index < -0.39 is 0 Å². The molecule has 1 aromatic carbocycles. The number of esters is 1. The Morgan fingerprint density at radius 1 is 1.50 bits per heavy atom. The molecule has 1 saturated heterocycles. The summed E-state index contributed by atoms with van der Waals surface area (Å²) >= 11 is 0. The Labute approximate surface area is 94.6 Å². The summed E-state index contributed by atoms with van der Waals surface area (Å²) in [6.45, 7) is 3.33. The Kier molecular flexibility index (Phi) is 3.10. The minimum absolute atomic E-state index is 0.297. The molecule has 1 aliphatic heterocycles. The molecule has 4 nitrogen and oxygen atoms in total. The molecule has 86 valence electrons. The molecule has 4 heteroatoms. The molecule has 0 aliphatic carbocycles. The molecular weight excluding hydrogens is 206 g/mol. The highest BCUT2D eigenvalue weighted by Gasteiger charge is 2.20. The molecule has 1 heterocycles. The largest absolute Gasteiger partial charge is 0.465 e. The van der Waals surface area contributed by atoms with Crippen LogP contribution in [0, 0.1) is 6.92 Å². The van der Waals surface area contributed by atoms with Crippen molar-refractivity contribution in [1.29, 1.82) is 0 Å². The van der Waals surface area contributed by atoms with Gasteiger partial charge in [0.05, 0.1) is 31.9 Å². The first-order valence-electron chi connectivity index (χ1n) is 5.24. The molecule has 0 spiro atoms. The summed E-state index contributed by atoms with van der Waals surface area (Å²) in [5.74, 6) is -0.313. The fourth-order valence-corrected chi connectivity index (χ4v) is 1.60. The van der Waals surface area contributed by atoms with Crippen LogP contribution >= 0.6 is 0 Å². The van der Waals surface area contributed by atoms with Gasteiger partial charge in [-0.15, -0.1) is 0 Å². The van der Waals surface area contributed by atoms with Crippen LogP contribution in [0.4, 0.5) is 5.69 Å². The number of rotatable bonds is 3. The molecule has 1 aromatic rings. The van der Waals surface area contributed by atoms with Crippen LogP contribution < -0.4 is 5.32 Å². The lowest BCUT2D eigenvalue weighted by Gasteiger charge is -2.28. The van der Waals surface area contributed by atoms with E-state index >= 15 is 0 Å². The van der Waals surface area contributed by atoms with Crippen molar-refractivity contribution in [2.45, 2.75) is 13.0 Å². The number of hydrogen-bond acceptors (Lipinski definition) is 4. The SMILES string of the molecule is COC(=O)c1cc(C)ccc1NC1COC1. The van der Waals surface area contributed by atoms with E-state index in [0.29, 0.717) is 24.8 Å². The van der Waals surface area contributed by atoms with Crippen molar-refractivity contribution >= 4 is 11.7 Å². The molecule has 0 radical (unpaired) electrons. The van der Waals surface area contributed by atoms with Crippen LogP contribution in [0.15, 0.2) is 18.2 Å². The van der Waals surface area contributed by atoms with E-state index in [4.69, 9.17) is 9.47 Å². The number of carbonyl (C=O) groups excluding carboxylic acids is 1. The Hall–Kier alpha value is -1.55. The van der Waals surface area contributed by atoms with E-state index in [2.05, 4.69) is 5.32 Å². The molecule has 16 heavy (non-hydrogen) atoms. The molecule has 0 atom stereocenters. The van der Waals surface area contributed by atoms with E-state index in [1.165, 1.54) is 7.11 Å². The third-order valence-electron chi connectivity index (χ3n) is 2.58. The van der Waals surface area contributed by atoms with E-state index in [-0.39, 0.29) is 5.97 Å². The van der Waals surface area contributed by atoms with Gasteiger partial charge in [0.1, 0.15) is 0 Å². The first kappa shape index (κ1) is 11.0. The van der Waals surface area contributed by atoms with Crippen molar-refractivity contribution in [2.24, 2.45) is 0 Å². The van der Waals surface area contributed by atoms with Crippen molar-refractivity contribution in [1.82, 2.24) is 0 Å². The van der Waals surface area contributed by atoms with E-state index in [0.717, 1.165) is 11.3 Å². The molecule has 0 unspecified atom stereocenters. The average Bonchev–Trinajstić information content (AvgIpc) is 2.23. The van der Waals surface area contributed by atoms with Crippen LogP contribution in [0.25, 0.3) is 0 Å². The first-order chi connectivity index (χ1) is 7.70. The molecule has 0 amide bonds. The second kappa shape index (κ2) is 4.53. The minimum Gasteiger partial charge on any atom is -0.465 e. The van der Waals surface area contributed by atoms with Gasteiger partial charge in [0.15, 0.2) is 0 Å². The zero-order valence-corrected chi connectivity index (χ0v) is 9.45. The standard InChI is InChI=1S/C12H15NO3/c1-8-3-4-11(13-9-6-16-7-9)10(5-8)12(14)15-2/h3-5,9,13H,6-7H2,1-2H3. The summed E-state index contributed by atoms with van der Waals surface area (Å²) in [6, 6.07) is 5.99. The summed E-state index contributed by atoms with van der Waals surface area (Å²) < 4.78 is 9.83. The number of nitrogens with one attached hydrogen (secondary N) is 1. The van der Waals surface area contributed by atoms with Crippen LogP contribution in [0.3, 0.4) is 0 Å². The average molecular weight is 221 g/mol. The van der Waals surface area contributed by atoms with Gasteiger partial charge in [-0.2, -0.15) is 0 Å². The second-order valence-electron chi connectivity index (χ2n) is 3.92. The zero-order chi connectivity index (χ0) is 11.5. The highest BCUT2D eigenvalue weighted by atomic mass is 16.5. The van der Waals surface area contributed by atoms with Crippen LogP contribution in [-0.4, -0.2) is 32.3 Å². The number of carbonyl (C=O) groups is 1. The highest BCUT2D eigenvalue weighted by molar-refractivity contribution is 5.95. The van der Waals surface area contributed by atoms with Crippen molar-refractivity contribution in [3.8, 4) is 0 Å². The van der Waals surface area contributed by atoms with Crippen molar-refractivity contribution in [2.75, 3.05) is 25.6 Å². The maximum atomic E-state index is 11.6. The number of ether oxygens (including phenoxy) is 2. The van der Waals surface area contributed by atoms with E-state index in [1.54, 1.807) is 0 Å². The smallest absolute Gasteiger partial charge is 0.339 e. The molecular formula is C12H15NO3. The van der Waals surface area contributed by atoms with E-state index in [9.17, 15) is 4.79 Å². The van der Waals surface area contributed by atoms with Gasteiger partial charge in [0.2, 0.25) is 0 Å². The topological polar surface area (TPSA) is 47.6 Å². The monoisotopic (exact) mass is 221 g/mol. The van der Waals surface area contributed by atoms with Crippen molar-refractivity contribution < 1.29 is 14.3 Å². The zero-order valence-electron chi connectivity index (χ0n) is 9.45. The number of aryl methyl sites for hydroxylation is 1. The minimum atomic E-state index is -0.313. The number of methoxy groups -OCH3 is 1. The Morgan fingerprint density at radius 2 is 2.25 bits per heavy atom. The van der Waals surface area contributed by atoms with Crippen LogP contribution in [0.5, 0.6) is 0 Å². The van der Waals surface area contributed by atoms with Gasteiger partial charge in [-0.1, -0.05) is 11.6 Å². The maximum absolute atomic E-state index is 11.6. The van der Waals surface area contributed by atoms with Crippen LogP contribution in [0.2, 0.25) is 0 Å². The van der Waals surface area contributed by atoms with Crippen molar-refractivity contribution in [3.05, 3.63) is 29.3 Å². The van der Waals surface area contributed by atoms with Gasteiger partial charge >= 0.3 is 5.97 Å². The summed E-state index contributed by atoms with van der Waals surface area (Å²) in [5.41, 5.74) is 2.43. The van der Waals surface area contributed by atoms with Gasteiger partial charge < -0.3 is 14.8 Å². The summed E-state index contributed by atoms with van der Waals surface area (Å²) in [7, 11) is 1.39. The van der Waals surface area contributed by atoms with Gasteiger partial charge in [0, 0.05) is 5.69 Å². The first-order valence-corrected chi connectivity index (χ1v) is 5.24. The predicted octanol–water partition coefficient (Wildman–Crippen LogP) is 1.59. The molecule has 1 N–H and O–H groups in total.